The van der Waals surface area contributed by atoms with E-state index in [1.165, 1.54) is 4.90 Å². The fourth-order valence-electron chi connectivity index (χ4n) is 2.83. The largest absolute Gasteiger partial charge is 0.302 e. The van der Waals surface area contributed by atoms with Crippen LogP contribution in [0.3, 0.4) is 0 Å². The van der Waals surface area contributed by atoms with Crippen LogP contribution < -0.4 is 5.32 Å². The summed E-state index contributed by atoms with van der Waals surface area (Å²) in [5.41, 5.74) is 2.45. The van der Waals surface area contributed by atoms with Gasteiger partial charge in [-0.05, 0) is 48.3 Å². The van der Waals surface area contributed by atoms with Crippen molar-refractivity contribution in [1.29, 1.82) is 0 Å². The highest BCUT2D eigenvalue weighted by Gasteiger charge is 2.38. The fraction of sp³-hybridized carbons (Fsp3) is 0.294. The highest BCUT2D eigenvalue weighted by Crippen LogP contribution is 2.26. The number of rotatable bonds is 5. The Morgan fingerprint density at radius 1 is 1.28 bits per heavy atom. The van der Waals surface area contributed by atoms with Gasteiger partial charge in [0, 0.05) is 11.6 Å². The maximum absolute atomic E-state index is 12.7. The number of thiocarbonyl (C=S) groups is 1. The summed E-state index contributed by atoms with van der Waals surface area (Å²) in [7, 11) is 0. The molecule has 1 aromatic carbocycles. The SMILES string of the molecule is CCCN1C(=O)C(Cc2cn[nH]c2-c2ccc(Cl)cc2)C(=O)NC1=S. The van der Waals surface area contributed by atoms with Crippen LogP contribution in [-0.4, -0.2) is 38.6 Å². The summed E-state index contributed by atoms with van der Waals surface area (Å²) in [5.74, 6) is -1.45. The first kappa shape index (κ1) is 17.6. The van der Waals surface area contributed by atoms with Crippen LogP contribution in [0, 0.1) is 5.92 Å². The molecule has 0 radical (unpaired) electrons. The van der Waals surface area contributed by atoms with Crippen molar-refractivity contribution in [3.63, 3.8) is 0 Å². The number of benzene rings is 1. The van der Waals surface area contributed by atoms with Crippen molar-refractivity contribution < 1.29 is 9.59 Å². The lowest BCUT2D eigenvalue weighted by Gasteiger charge is -2.32. The van der Waals surface area contributed by atoms with Crippen LogP contribution in [0.15, 0.2) is 30.5 Å². The number of nitrogens with zero attached hydrogens (tertiary/aromatic N) is 2. The first-order valence-electron chi connectivity index (χ1n) is 7.95. The van der Waals surface area contributed by atoms with E-state index in [9.17, 15) is 9.59 Å². The predicted octanol–water partition coefficient (Wildman–Crippen LogP) is 2.54. The van der Waals surface area contributed by atoms with Gasteiger partial charge in [0.25, 0.3) is 0 Å². The van der Waals surface area contributed by atoms with Crippen LogP contribution in [0.5, 0.6) is 0 Å². The number of halogens is 1. The van der Waals surface area contributed by atoms with E-state index >= 15 is 0 Å². The third kappa shape index (κ3) is 3.57. The molecule has 0 spiro atoms. The summed E-state index contributed by atoms with van der Waals surface area (Å²) < 4.78 is 0. The average molecular weight is 377 g/mol. The topological polar surface area (TPSA) is 78.1 Å². The summed E-state index contributed by atoms with van der Waals surface area (Å²) in [6.45, 7) is 2.44. The highest BCUT2D eigenvalue weighted by molar-refractivity contribution is 7.80. The molecule has 2 aromatic rings. The number of hydrogen-bond acceptors (Lipinski definition) is 4. The molecule has 2 amide bonds. The van der Waals surface area contributed by atoms with Gasteiger partial charge in [-0.2, -0.15) is 5.10 Å². The molecule has 8 heteroatoms. The summed E-state index contributed by atoms with van der Waals surface area (Å²) in [4.78, 5) is 26.4. The van der Waals surface area contributed by atoms with Gasteiger partial charge in [-0.1, -0.05) is 30.7 Å². The highest BCUT2D eigenvalue weighted by atomic mass is 35.5. The van der Waals surface area contributed by atoms with E-state index in [2.05, 4.69) is 15.5 Å². The molecule has 1 aliphatic heterocycles. The molecule has 130 valence electrons. The maximum atomic E-state index is 12.7. The molecule has 0 bridgehead atoms. The van der Waals surface area contributed by atoms with Crippen LogP contribution in [0.25, 0.3) is 11.3 Å². The summed E-state index contributed by atoms with van der Waals surface area (Å²) in [5, 5.41) is 10.4. The molecule has 1 saturated heterocycles. The summed E-state index contributed by atoms with van der Waals surface area (Å²) in [6.07, 6.45) is 2.65. The molecule has 3 rings (SSSR count). The fourth-order valence-corrected chi connectivity index (χ4v) is 3.24. The van der Waals surface area contributed by atoms with Crippen molar-refractivity contribution in [3.8, 4) is 11.3 Å². The molecule has 2 N–H and O–H groups in total. The molecule has 1 atom stereocenters. The van der Waals surface area contributed by atoms with Gasteiger partial charge in [-0.15, -0.1) is 0 Å². The van der Waals surface area contributed by atoms with E-state index in [0.29, 0.717) is 11.6 Å². The minimum Gasteiger partial charge on any atom is -0.302 e. The number of amides is 2. The minimum absolute atomic E-state index is 0.179. The molecule has 2 heterocycles. The third-order valence-electron chi connectivity index (χ3n) is 4.08. The average Bonchev–Trinajstić information content (AvgIpc) is 3.04. The molecule has 1 aromatic heterocycles. The molecule has 1 unspecified atom stereocenters. The Morgan fingerprint density at radius 3 is 2.68 bits per heavy atom. The molecular formula is C17H17ClN4O2S. The van der Waals surface area contributed by atoms with E-state index in [-0.39, 0.29) is 23.3 Å². The van der Waals surface area contributed by atoms with Crippen LogP contribution >= 0.6 is 23.8 Å². The van der Waals surface area contributed by atoms with Crippen molar-refractivity contribution in [2.75, 3.05) is 6.54 Å². The zero-order valence-electron chi connectivity index (χ0n) is 13.6. The Morgan fingerprint density at radius 2 is 2.00 bits per heavy atom. The van der Waals surface area contributed by atoms with Crippen molar-refractivity contribution in [1.82, 2.24) is 20.4 Å². The molecular weight excluding hydrogens is 360 g/mol. The third-order valence-corrected chi connectivity index (χ3v) is 4.65. The zero-order valence-corrected chi connectivity index (χ0v) is 15.2. The monoisotopic (exact) mass is 376 g/mol. The quantitative estimate of drug-likeness (QED) is 0.621. The predicted molar refractivity (Wildman–Crippen MR) is 99.0 cm³/mol. The van der Waals surface area contributed by atoms with E-state index in [4.69, 9.17) is 23.8 Å². The first-order valence-corrected chi connectivity index (χ1v) is 8.74. The maximum Gasteiger partial charge on any atom is 0.241 e. The van der Waals surface area contributed by atoms with Gasteiger partial charge < -0.3 is 5.32 Å². The van der Waals surface area contributed by atoms with Gasteiger partial charge in [0.2, 0.25) is 11.8 Å². The van der Waals surface area contributed by atoms with Gasteiger partial charge in [0.1, 0.15) is 5.92 Å². The summed E-state index contributed by atoms with van der Waals surface area (Å²) >= 11 is 11.0. The Balaban J connectivity index is 1.86. The lowest BCUT2D eigenvalue weighted by atomic mass is 9.94. The second-order valence-corrected chi connectivity index (χ2v) is 6.64. The number of nitrogens with one attached hydrogen (secondary N) is 2. The van der Waals surface area contributed by atoms with Crippen LogP contribution in [0.1, 0.15) is 18.9 Å². The molecule has 25 heavy (non-hydrogen) atoms. The molecule has 6 nitrogen and oxygen atoms in total. The normalized spacial score (nSPS) is 17.8. The van der Waals surface area contributed by atoms with E-state index in [1.54, 1.807) is 18.3 Å². The van der Waals surface area contributed by atoms with Gasteiger partial charge in [-0.25, -0.2) is 0 Å². The number of aromatic nitrogens is 2. The smallest absolute Gasteiger partial charge is 0.241 e. The van der Waals surface area contributed by atoms with Gasteiger partial charge in [-0.3, -0.25) is 19.6 Å². The number of aromatic amines is 1. The van der Waals surface area contributed by atoms with Crippen LogP contribution in [0.2, 0.25) is 5.02 Å². The lowest BCUT2D eigenvalue weighted by Crippen LogP contribution is -2.58. The van der Waals surface area contributed by atoms with E-state index in [0.717, 1.165) is 23.2 Å². The van der Waals surface area contributed by atoms with Gasteiger partial charge >= 0.3 is 0 Å². The number of carbonyl (C=O) groups is 2. The van der Waals surface area contributed by atoms with Gasteiger partial charge in [0.05, 0.1) is 11.9 Å². The molecule has 1 aliphatic rings. The Kier molecular flexibility index (Phi) is 5.15. The van der Waals surface area contributed by atoms with Crippen molar-refractivity contribution in [2.45, 2.75) is 19.8 Å². The molecule has 0 aliphatic carbocycles. The minimum atomic E-state index is -0.818. The van der Waals surface area contributed by atoms with E-state index < -0.39 is 5.92 Å². The number of hydrogen-bond donors (Lipinski definition) is 2. The molecule has 0 saturated carbocycles. The Labute approximate surface area is 155 Å². The van der Waals surface area contributed by atoms with Crippen LogP contribution in [0.4, 0.5) is 0 Å². The van der Waals surface area contributed by atoms with Crippen molar-refractivity contribution in [2.24, 2.45) is 5.92 Å². The second-order valence-electron chi connectivity index (χ2n) is 5.82. The number of H-pyrrole nitrogens is 1. The van der Waals surface area contributed by atoms with Crippen molar-refractivity contribution >= 4 is 40.7 Å². The number of carbonyl (C=O) groups excluding carboxylic acids is 2. The van der Waals surface area contributed by atoms with Crippen molar-refractivity contribution in [3.05, 3.63) is 41.0 Å². The second kappa shape index (κ2) is 7.33. The Hall–Kier alpha value is -2.25. The standard InChI is InChI=1S/C17H17ClN4O2S/c1-2-7-22-16(24)13(15(23)20-17(22)25)8-11-9-19-21-14(11)10-3-5-12(18)6-4-10/h3-6,9,13H,2,7-8H2,1H3,(H,19,21)(H,20,23,25). The Bertz CT molecular complexity index is 818. The molecule has 1 fully saturated rings. The zero-order chi connectivity index (χ0) is 18.0. The van der Waals surface area contributed by atoms with Gasteiger partial charge in [0.15, 0.2) is 5.11 Å². The van der Waals surface area contributed by atoms with E-state index in [1.807, 2.05) is 19.1 Å². The first-order chi connectivity index (χ1) is 12.0. The lowest BCUT2D eigenvalue weighted by molar-refractivity contribution is -0.141. The summed E-state index contributed by atoms with van der Waals surface area (Å²) in [6, 6.07) is 7.28. The van der Waals surface area contributed by atoms with Crippen LogP contribution in [-0.2, 0) is 16.0 Å².